The van der Waals surface area contributed by atoms with Crippen LogP contribution in [0.3, 0.4) is 0 Å². The third kappa shape index (κ3) is 3.84. The van der Waals surface area contributed by atoms with E-state index >= 15 is 0 Å². The summed E-state index contributed by atoms with van der Waals surface area (Å²) in [5, 5.41) is 3.66. The van der Waals surface area contributed by atoms with Gasteiger partial charge in [0, 0.05) is 21.8 Å². The Labute approximate surface area is 125 Å². The van der Waals surface area contributed by atoms with Crippen LogP contribution in [0.1, 0.15) is 35.2 Å². The van der Waals surface area contributed by atoms with Crippen molar-refractivity contribution in [2.24, 2.45) is 0 Å². The summed E-state index contributed by atoms with van der Waals surface area (Å²) in [6.45, 7) is 6.60. The number of methoxy groups -OCH3 is 1. The summed E-state index contributed by atoms with van der Waals surface area (Å²) in [5.41, 5.74) is 1.25. The van der Waals surface area contributed by atoms with Gasteiger partial charge >= 0.3 is 0 Å². The van der Waals surface area contributed by atoms with Crippen molar-refractivity contribution in [2.45, 2.75) is 39.3 Å². The molecule has 1 aromatic carbocycles. The van der Waals surface area contributed by atoms with Crippen molar-refractivity contribution in [3.05, 3.63) is 51.7 Å². The summed E-state index contributed by atoms with van der Waals surface area (Å²) < 4.78 is 5.41. The van der Waals surface area contributed by atoms with Crippen molar-refractivity contribution in [1.29, 1.82) is 0 Å². The monoisotopic (exact) mass is 289 g/mol. The van der Waals surface area contributed by atoms with Gasteiger partial charge in [0.2, 0.25) is 0 Å². The summed E-state index contributed by atoms with van der Waals surface area (Å²) in [5.74, 6) is 0.973. The molecule has 2 nitrogen and oxygen atoms in total. The van der Waals surface area contributed by atoms with Crippen molar-refractivity contribution >= 4 is 11.3 Å². The summed E-state index contributed by atoms with van der Waals surface area (Å²) in [6.07, 6.45) is 0.971. The van der Waals surface area contributed by atoms with E-state index in [1.165, 1.54) is 15.3 Å². The molecule has 0 bridgehead atoms. The van der Waals surface area contributed by atoms with E-state index in [9.17, 15) is 0 Å². The zero-order valence-electron chi connectivity index (χ0n) is 12.6. The Kier molecular flexibility index (Phi) is 5.21. The Balaban J connectivity index is 1.96. The molecule has 0 fully saturated rings. The molecule has 0 spiro atoms. The molecule has 0 saturated heterocycles. The molecule has 1 N–H and O–H groups in total. The number of aryl methyl sites for hydroxylation is 1. The quantitative estimate of drug-likeness (QED) is 0.853. The Hall–Kier alpha value is -1.32. The molecule has 2 unspecified atom stereocenters. The molecule has 2 aromatic rings. The highest BCUT2D eigenvalue weighted by Crippen LogP contribution is 2.24. The highest BCUT2D eigenvalue weighted by molar-refractivity contribution is 7.12. The lowest BCUT2D eigenvalue weighted by Gasteiger charge is -2.20. The molecule has 0 radical (unpaired) electrons. The zero-order chi connectivity index (χ0) is 14.5. The van der Waals surface area contributed by atoms with Crippen molar-refractivity contribution < 1.29 is 4.74 Å². The van der Waals surface area contributed by atoms with Crippen LogP contribution in [0.15, 0.2) is 36.4 Å². The van der Waals surface area contributed by atoms with E-state index in [2.05, 4.69) is 50.4 Å². The first-order valence-corrected chi connectivity index (χ1v) is 7.86. The summed E-state index contributed by atoms with van der Waals surface area (Å²) >= 11 is 1.86. The molecule has 2 rings (SSSR count). The molecule has 2 atom stereocenters. The van der Waals surface area contributed by atoms with Crippen molar-refractivity contribution in [3.8, 4) is 5.75 Å². The summed E-state index contributed by atoms with van der Waals surface area (Å²) in [6, 6.07) is 13.4. The standard InChI is InChI=1S/C17H23NOS/c1-12(11-15-7-5-6-8-16(15)19-4)18-14(3)17-10-9-13(2)20-17/h5-10,12,14,18H,11H2,1-4H3. The van der Waals surface area contributed by atoms with Crippen LogP contribution in [0.25, 0.3) is 0 Å². The average Bonchev–Trinajstić information content (AvgIpc) is 2.86. The SMILES string of the molecule is COc1ccccc1CC(C)NC(C)c1ccc(C)s1. The van der Waals surface area contributed by atoms with Crippen molar-refractivity contribution in [2.75, 3.05) is 7.11 Å². The van der Waals surface area contributed by atoms with Gasteiger partial charge in [0.1, 0.15) is 5.75 Å². The van der Waals surface area contributed by atoms with Gasteiger partial charge in [0.25, 0.3) is 0 Å². The van der Waals surface area contributed by atoms with Crippen LogP contribution in [0.4, 0.5) is 0 Å². The Bertz CT molecular complexity index is 549. The first-order chi connectivity index (χ1) is 9.60. The van der Waals surface area contributed by atoms with Gasteiger partial charge in [-0.25, -0.2) is 0 Å². The van der Waals surface area contributed by atoms with E-state index in [0.717, 1.165) is 12.2 Å². The molecule has 0 aliphatic rings. The first kappa shape index (κ1) is 15.1. The highest BCUT2D eigenvalue weighted by atomic mass is 32.1. The lowest BCUT2D eigenvalue weighted by molar-refractivity contribution is 0.403. The second-order valence-corrected chi connectivity index (χ2v) is 6.57. The second kappa shape index (κ2) is 6.91. The van der Waals surface area contributed by atoms with Crippen molar-refractivity contribution in [3.63, 3.8) is 0 Å². The van der Waals surface area contributed by atoms with E-state index in [0.29, 0.717) is 12.1 Å². The maximum Gasteiger partial charge on any atom is 0.122 e. The third-order valence-corrected chi connectivity index (χ3v) is 4.62. The Morgan fingerprint density at radius 2 is 1.90 bits per heavy atom. The maximum absolute atomic E-state index is 5.41. The Morgan fingerprint density at radius 3 is 2.55 bits per heavy atom. The number of benzene rings is 1. The molecule has 108 valence electrons. The van der Waals surface area contributed by atoms with E-state index in [1.54, 1.807) is 7.11 Å². The number of hydrogen-bond donors (Lipinski definition) is 1. The minimum atomic E-state index is 0.387. The number of ether oxygens (including phenoxy) is 1. The van der Waals surface area contributed by atoms with Gasteiger partial charge in [-0.15, -0.1) is 11.3 Å². The molecule has 20 heavy (non-hydrogen) atoms. The third-order valence-electron chi connectivity index (χ3n) is 3.44. The average molecular weight is 289 g/mol. The van der Waals surface area contributed by atoms with E-state index in [-0.39, 0.29) is 0 Å². The molecule has 0 amide bonds. The van der Waals surface area contributed by atoms with E-state index in [4.69, 9.17) is 4.74 Å². The van der Waals surface area contributed by atoms with Gasteiger partial charge in [-0.2, -0.15) is 0 Å². The smallest absolute Gasteiger partial charge is 0.122 e. The summed E-state index contributed by atoms with van der Waals surface area (Å²) in [4.78, 5) is 2.76. The van der Waals surface area contributed by atoms with Crippen LogP contribution in [0, 0.1) is 6.92 Å². The molecule has 3 heteroatoms. The number of hydrogen-bond acceptors (Lipinski definition) is 3. The minimum absolute atomic E-state index is 0.387. The van der Waals surface area contributed by atoms with Gasteiger partial charge in [-0.1, -0.05) is 18.2 Å². The van der Waals surface area contributed by atoms with Crippen LogP contribution >= 0.6 is 11.3 Å². The van der Waals surface area contributed by atoms with E-state index in [1.807, 2.05) is 23.5 Å². The van der Waals surface area contributed by atoms with Crippen LogP contribution in [0.5, 0.6) is 5.75 Å². The second-order valence-electron chi connectivity index (χ2n) is 5.25. The number of nitrogens with one attached hydrogen (secondary N) is 1. The fourth-order valence-corrected chi connectivity index (χ4v) is 3.34. The molecule has 1 aromatic heterocycles. The van der Waals surface area contributed by atoms with Crippen molar-refractivity contribution in [1.82, 2.24) is 5.32 Å². The predicted octanol–water partition coefficient (Wildman–Crippen LogP) is 4.35. The number of thiophene rings is 1. The molecule has 1 heterocycles. The largest absolute Gasteiger partial charge is 0.496 e. The van der Waals surface area contributed by atoms with Gasteiger partial charge in [-0.05, 0) is 51.0 Å². The zero-order valence-corrected chi connectivity index (χ0v) is 13.5. The molecule has 0 aliphatic heterocycles. The number of rotatable bonds is 6. The predicted molar refractivity (Wildman–Crippen MR) is 86.8 cm³/mol. The number of para-hydroxylation sites is 1. The first-order valence-electron chi connectivity index (χ1n) is 7.04. The van der Waals surface area contributed by atoms with E-state index < -0.39 is 0 Å². The molecule has 0 saturated carbocycles. The topological polar surface area (TPSA) is 21.3 Å². The molecular weight excluding hydrogens is 266 g/mol. The molecule has 0 aliphatic carbocycles. The van der Waals surface area contributed by atoms with Crippen LogP contribution in [-0.4, -0.2) is 13.2 Å². The summed E-state index contributed by atoms with van der Waals surface area (Å²) in [7, 11) is 1.73. The van der Waals surface area contributed by atoms with Crippen LogP contribution in [-0.2, 0) is 6.42 Å². The van der Waals surface area contributed by atoms with Gasteiger partial charge in [-0.3, -0.25) is 0 Å². The Morgan fingerprint density at radius 1 is 1.15 bits per heavy atom. The van der Waals surface area contributed by atoms with Gasteiger partial charge < -0.3 is 10.1 Å². The van der Waals surface area contributed by atoms with Gasteiger partial charge in [0.05, 0.1) is 7.11 Å². The fraction of sp³-hybridized carbons (Fsp3) is 0.412. The maximum atomic E-state index is 5.41. The highest BCUT2D eigenvalue weighted by Gasteiger charge is 2.13. The molecular formula is C17H23NOS. The lowest BCUT2D eigenvalue weighted by Crippen LogP contribution is -2.30. The van der Waals surface area contributed by atoms with Gasteiger partial charge in [0.15, 0.2) is 0 Å². The lowest BCUT2D eigenvalue weighted by atomic mass is 10.1. The normalized spacial score (nSPS) is 14.0. The van der Waals surface area contributed by atoms with Crippen LogP contribution in [0.2, 0.25) is 0 Å². The minimum Gasteiger partial charge on any atom is -0.496 e. The fourth-order valence-electron chi connectivity index (χ4n) is 2.46. The van der Waals surface area contributed by atoms with Crippen LogP contribution < -0.4 is 10.1 Å².